The summed E-state index contributed by atoms with van der Waals surface area (Å²) in [6.45, 7) is 3.92. The van der Waals surface area contributed by atoms with Crippen molar-refractivity contribution < 1.29 is 4.39 Å². The zero-order valence-corrected chi connectivity index (χ0v) is 17.9. The van der Waals surface area contributed by atoms with E-state index in [2.05, 4.69) is 44.3 Å². The Morgan fingerprint density at radius 3 is 2.59 bits per heavy atom. The first-order chi connectivity index (χ1) is 15.5. The molecule has 0 saturated carbocycles. The van der Waals surface area contributed by atoms with Crippen LogP contribution >= 0.6 is 0 Å². The molecule has 2 fully saturated rings. The van der Waals surface area contributed by atoms with Crippen LogP contribution in [0.5, 0.6) is 0 Å². The molecule has 1 N–H and O–H groups in total. The molecule has 0 unspecified atom stereocenters. The molecule has 2 atom stereocenters. The molecular weight excluding hydrogens is 407 g/mol. The van der Waals surface area contributed by atoms with Gasteiger partial charge in [0.2, 0.25) is 0 Å². The van der Waals surface area contributed by atoms with Crippen LogP contribution in [0.1, 0.15) is 12.0 Å². The summed E-state index contributed by atoms with van der Waals surface area (Å²) in [7, 11) is 2.20. The number of aromatic amines is 1. The maximum atomic E-state index is 14.5. The second-order valence-electron chi connectivity index (χ2n) is 8.82. The molecule has 4 aromatic rings. The molecule has 162 valence electrons. The second-order valence-corrected chi connectivity index (χ2v) is 8.82. The monoisotopic (exact) mass is 430 g/mol. The molecule has 0 spiro atoms. The van der Waals surface area contributed by atoms with Crippen molar-refractivity contribution >= 4 is 16.7 Å². The summed E-state index contributed by atoms with van der Waals surface area (Å²) in [6, 6.07) is 15.6. The van der Waals surface area contributed by atoms with Crippen LogP contribution in [-0.4, -0.2) is 57.1 Å². The van der Waals surface area contributed by atoms with Gasteiger partial charge in [0.1, 0.15) is 22.7 Å². The van der Waals surface area contributed by atoms with Crippen LogP contribution in [-0.2, 0) is 0 Å². The topological polar surface area (TPSA) is 70.1 Å². The maximum Gasteiger partial charge on any atom is 0.273 e. The van der Waals surface area contributed by atoms with Crippen LogP contribution in [0.4, 0.5) is 10.1 Å². The Balaban J connectivity index is 1.39. The van der Waals surface area contributed by atoms with E-state index in [1.807, 2.05) is 12.1 Å². The van der Waals surface area contributed by atoms with Crippen LogP contribution < -0.4 is 10.5 Å². The number of likely N-dealkylation sites (tertiary alicyclic amines) is 1. The number of para-hydroxylation sites is 1. The first kappa shape index (κ1) is 19.2. The predicted molar refractivity (Wildman–Crippen MR) is 122 cm³/mol. The smallest absolute Gasteiger partial charge is 0.273 e. The average Bonchev–Trinajstić information content (AvgIpc) is 3.47. The average molecular weight is 430 g/mol. The van der Waals surface area contributed by atoms with Gasteiger partial charge < -0.3 is 4.90 Å². The van der Waals surface area contributed by atoms with Gasteiger partial charge in [-0.15, -0.1) is 0 Å². The zero-order chi connectivity index (χ0) is 22.0. The molecule has 2 saturated heterocycles. The van der Waals surface area contributed by atoms with Gasteiger partial charge in [-0.3, -0.25) is 14.8 Å². The number of benzene rings is 2. The van der Waals surface area contributed by atoms with Crippen molar-refractivity contribution in [3.05, 3.63) is 70.3 Å². The van der Waals surface area contributed by atoms with E-state index in [0.717, 1.165) is 23.3 Å². The molecule has 7 nitrogen and oxygen atoms in total. The zero-order valence-electron chi connectivity index (χ0n) is 17.9. The number of likely N-dealkylation sites (N-methyl/N-ethyl adjacent to an activating group) is 1. The molecule has 0 radical (unpaired) electrons. The first-order valence-corrected chi connectivity index (χ1v) is 10.8. The third-order valence-electron chi connectivity index (χ3n) is 6.83. The predicted octanol–water partition coefficient (Wildman–Crippen LogP) is 3.12. The Labute approximate surface area is 184 Å². The number of hydrogen-bond donors (Lipinski definition) is 1. The SMILES string of the molecule is Cc1cccc(F)c1-n1nc2c(-c3ccc(N4C[C@H]5C[C@@H]4CN5C)cc3)n[nH]c2cc1=O. The minimum atomic E-state index is -0.487. The van der Waals surface area contributed by atoms with Crippen LogP contribution in [0, 0.1) is 12.7 Å². The van der Waals surface area contributed by atoms with Crippen LogP contribution in [0.15, 0.2) is 53.3 Å². The van der Waals surface area contributed by atoms with Gasteiger partial charge in [0.05, 0.1) is 5.52 Å². The van der Waals surface area contributed by atoms with E-state index in [1.165, 1.54) is 24.2 Å². The highest BCUT2D eigenvalue weighted by Crippen LogP contribution is 2.35. The van der Waals surface area contributed by atoms with Gasteiger partial charge >= 0.3 is 0 Å². The number of aryl methyl sites for hydroxylation is 1. The van der Waals surface area contributed by atoms with Crippen molar-refractivity contribution in [3.63, 3.8) is 0 Å². The number of fused-ring (bicyclic) bond motifs is 3. The molecule has 32 heavy (non-hydrogen) atoms. The third-order valence-corrected chi connectivity index (χ3v) is 6.83. The number of halogens is 1. The number of anilines is 1. The number of hydrogen-bond acceptors (Lipinski definition) is 5. The number of rotatable bonds is 3. The molecule has 2 aromatic heterocycles. The Morgan fingerprint density at radius 1 is 1.09 bits per heavy atom. The third kappa shape index (κ3) is 2.86. The standard InChI is InChI=1S/C24H23FN6O/c1-14-4-3-5-19(25)24(14)31-21(32)11-20-23(28-31)22(27-26-20)15-6-8-16(9-7-15)30-13-17-10-18(30)12-29(17)2/h3-9,11,17-18,26H,10,12-13H2,1-2H3/t17-,18-/m1/s1. The largest absolute Gasteiger partial charge is 0.366 e. The lowest BCUT2D eigenvalue weighted by Crippen LogP contribution is -2.44. The molecule has 0 aliphatic carbocycles. The van der Waals surface area contributed by atoms with Crippen molar-refractivity contribution in [2.75, 3.05) is 25.0 Å². The fourth-order valence-electron chi connectivity index (χ4n) is 5.13. The lowest BCUT2D eigenvalue weighted by molar-refractivity contribution is 0.292. The van der Waals surface area contributed by atoms with Crippen molar-refractivity contribution in [3.8, 4) is 16.9 Å². The molecule has 2 bridgehead atoms. The molecule has 8 heteroatoms. The molecule has 6 rings (SSSR count). The Hall–Kier alpha value is -3.52. The number of nitrogens with zero attached hydrogens (tertiary/aromatic N) is 5. The summed E-state index contributed by atoms with van der Waals surface area (Å²) in [6.07, 6.45) is 1.22. The lowest BCUT2D eigenvalue weighted by atomic mass is 10.1. The molecule has 2 aliphatic rings. The van der Waals surface area contributed by atoms with Gasteiger partial charge in [0.25, 0.3) is 5.56 Å². The minimum Gasteiger partial charge on any atom is -0.366 e. The van der Waals surface area contributed by atoms with Crippen LogP contribution in [0.3, 0.4) is 0 Å². The van der Waals surface area contributed by atoms with Gasteiger partial charge in [-0.05, 0) is 44.2 Å². The number of nitrogens with one attached hydrogen (secondary N) is 1. The Morgan fingerprint density at radius 2 is 1.91 bits per heavy atom. The van der Waals surface area contributed by atoms with E-state index in [1.54, 1.807) is 19.1 Å². The molecular formula is C24H23FN6O. The molecule has 4 heterocycles. The highest BCUT2D eigenvalue weighted by Gasteiger charge is 2.41. The van der Waals surface area contributed by atoms with Gasteiger partial charge in [-0.2, -0.15) is 14.9 Å². The summed E-state index contributed by atoms with van der Waals surface area (Å²) in [5, 5.41) is 11.8. The summed E-state index contributed by atoms with van der Waals surface area (Å²) in [5.41, 5.74) is 4.18. The highest BCUT2D eigenvalue weighted by molar-refractivity contribution is 5.89. The van der Waals surface area contributed by atoms with Gasteiger partial charge in [0.15, 0.2) is 0 Å². The summed E-state index contributed by atoms with van der Waals surface area (Å²) < 4.78 is 15.6. The fraction of sp³-hybridized carbons (Fsp3) is 0.292. The van der Waals surface area contributed by atoms with E-state index < -0.39 is 11.4 Å². The lowest BCUT2D eigenvalue weighted by Gasteiger charge is -2.33. The summed E-state index contributed by atoms with van der Waals surface area (Å²) in [5.74, 6) is -0.487. The van der Waals surface area contributed by atoms with Crippen LogP contribution in [0.2, 0.25) is 0 Å². The molecule has 0 amide bonds. The number of aromatic nitrogens is 4. The van der Waals surface area contributed by atoms with Crippen molar-refractivity contribution in [1.29, 1.82) is 0 Å². The van der Waals surface area contributed by atoms with Crippen molar-refractivity contribution in [2.24, 2.45) is 0 Å². The normalized spacial score (nSPS) is 20.5. The number of piperazine rings is 1. The quantitative estimate of drug-likeness (QED) is 0.541. The van der Waals surface area contributed by atoms with E-state index in [0.29, 0.717) is 34.4 Å². The van der Waals surface area contributed by atoms with Crippen molar-refractivity contribution in [1.82, 2.24) is 24.9 Å². The van der Waals surface area contributed by atoms with E-state index in [4.69, 9.17) is 0 Å². The van der Waals surface area contributed by atoms with Gasteiger partial charge in [0, 0.05) is 42.5 Å². The number of H-pyrrole nitrogens is 1. The Kier molecular flexibility index (Phi) is 4.19. The summed E-state index contributed by atoms with van der Waals surface area (Å²) >= 11 is 0. The second kappa shape index (κ2) is 7.00. The fourth-order valence-corrected chi connectivity index (χ4v) is 5.13. The molecule has 2 aromatic carbocycles. The van der Waals surface area contributed by atoms with E-state index in [9.17, 15) is 9.18 Å². The maximum absolute atomic E-state index is 14.5. The van der Waals surface area contributed by atoms with E-state index >= 15 is 0 Å². The molecule has 2 aliphatic heterocycles. The van der Waals surface area contributed by atoms with E-state index in [-0.39, 0.29) is 5.69 Å². The van der Waals surface area contributed by atoms with Gasteiger partial charge in [-0.25, -0.2) is 4.39 Å². The van der Waals surface area contributed by atoms with Crippen molar-refractivity contribution in [2.45, 2.75) is 25.4 Å². The minimum absolute atomic E-state index is 0.163. The highest BCUT2D eigenvalue weighted by atomic mass is 19.1. The Bertz CT molecular complexity index is 1370. The summed E-state index contributed by atoms with van der Waals surface area (Å²) in [4.78, 5) is 17.6. The first-order valence-electron chi connectivity index (χ1n) is 10.8. The van der Waals surface area contributed by atoms with Crippen LogP contribution in [0.25, 0.3) is 28.0 Å². The van der Waals surface area contributed by atoms with Gasteiger partial charge in [-0.1, -0.05) is 24.3 Å².